The van der Waals surface area contributed by atoms with Gasteiger partial charge in [0.05, 0.1) is 6.61 Å². The van der Waals surface area contributed by atoms with Crippen LogP contribution in [0.4, 0.5) is 0 Å². The highest BCUT2D eigenvalue weighted by Crippen LogP contribution is 2.15. The fraction of sp³-hybridized carbons (Fsp3) is 0.917. The molecule has 0 aromatic heterocycles. The molecule has 0 spiro atoms. The molecule has 4 nitrogen and oxygen atoms in total. The molecule has 0 bridgehead atoms. The van der Waals surface area contributed by atoms with Gasteiger partial charge in [0.2, 0.25) is 0 Å². The number of carbonyl (C=O) groups is 1. The summed E-state index contributed by atoms with van der Waals surface area (Å²) < 4.78 is 5.09. The van der Waals surface area contributed by atoms with Gasteiger partial charge in [-0.25, -0.2) is 0 Å². The lowest BCUT2D eigenvalue weighted by molar-refractivity contribution is -0.150. The van der Waals surface area contributed by atoms with Crippen molar-refractivity contribution in [2.45, 2.75) is 38.6 Å². The lowest BCUT2D eigenvalue weighted by Crippen LogP contribution is -2.50. The summed E-state index contributed by atoms with van der Waals surface area (Å²) in [5.41, 5.74) is -0.543. The number of rotatable bonds is 6. The van der Waals surface area contributed by atoms with Crippen LogP contribution in [-0.4, -0.2) is 49.7 Å². The van der Waals surface area contributed by atoms with Crippen LogP contribution in [0, 0.1) is 0 Å². The van der Waals surface area contributed by atoms with E-state index in [1.54, 1.807) is 0 Å². The highest BCUT2D eigenvalue weighted by molar-refractivity contribution is 5.80. The SMILES string of the molecule is CCOC(=O)C(C)(CCN1CCCC1)NC. The Labute approximate surface area is 98.3 Å². The van der Waals surface area contributed by atoms with Crippen molar-refractivity contribution in [3.63, 3.8) is 0 Å². The van der Waals surface area contributed by atoms with Crippen LogP contribution >= 0.6 is 0 Å². The molecule has 4 heteroatoms. The van der Waals surface area contributed by atoms with Crippen LogP contribution in [0.5, 0.6) is 0 Å². The zero-order valence-corrected chi connectivity index (χ0v) is 10.7. The van der Waals surface area contributed by atoms with Crippen molar-refractivity contribution in [3.8, 4) is 0 Å². The van der Waals surface area contributed by atoms with Crippen LogP contribution in [0.25, 0.3) is 0 Å². The predicted molar refractivity (Wildman–Crippen MR) is 64.4 cm³/mol. The Balaban J connectivity index is 2.41. The lowest BCUT2D eigenvalue weighted by Gasteiger charge is -2.28. The summed E-state index contributed by atoms with van der Waals surface area (Å²) in [4.78, 5) is 14.2. The van der Waals surface area contributed by atoms with E-state index >= 15 is 0 Å². The van der Waals surface area contributed by atoms with Crippen molar-refractivity contribution in [2.24, 2.45) is 0 Å². The van der Waals surface area contributed by atoms with Gasteiger partial charge in [-0.3, -0.25) is 4.79 Å². The van der Waals surface area contributed by atoms with Crippen LogP contribution in [0.2, 0.25) is 0 Å². The normalized spacial score (nSPS) is 20.7. The molecule has 0 saturated carbocycles. The molecule has 1 unspecified atom stereocenters. The third-order valence-electron chi connectivity index (χ3n) is 3.40. The van der Waals surface area contributed by atoms with Gasteiger partial charge in [0.25, 0.3) is 0 Å². The number of likely N-dealkylation sites (tertiary alicyclic amines) is 1. The molecule has 0 amide bonds. The van der Waals surface area contributed by atoms with Gasteiger partial charge in [0.1, 0.15) is 5.54 Å². The Bertz CT molecular complexity index is 227. The molecule has 1 N–H and O–H groups in total. The molecular formula is C12H24N2O2. The second kappa shape index (κ2) is 6.21. The molecule has 0 radical (unpaired) electrons. The maximum atomic E-state index is 11.8. The molecule has 1 saturated heterocycles. The van der Waals surface area contributed by atoms with Crippen LogP contribution in [0.3, 0.4) is 0 Å². The van der Waals surface area contributed by atoms with Gasteiger partial charge in [-0.1, -0.05) is 0 Å². The van der Waals surface area contributed by atoms with Crippen LogP contribution in [0.1, 0.15) is 33.1 Å². The average Bonchev–Trinajstić information content (AvgIpc) is 2.79. The van der Waals surface area contributed by atoms with E-state index in [1.165, 1.54) is 25.9 Å². The topological polar surface area (TPSA) is 41.6 Å². The van der Waals surface area contributed by atoms with Gasteiger partial charge < -0.3 is 15.0 Å². The van der Waals surface area contributed by atoms with Gasteiger partial charge in [-0.05, 0) is 53.2 Å². The molecule has 94 valence electrons. The minimum atomic E-state index is -0.543. The fourth-order valence-corrected chi connectivity index (χ4v) is 2.01. The van der Waals surface area contributed by atoms with E-state index in [1.807, 2.05) is 20.9 Å². The Morgan fingerprint density at radius 3 is 2.56 bits per heavy atom. The van der Waals surface area contributed by atoms with E-state index in [9.17, 15) is 4.79 Å². The number of carbonyl (C=O) groups excluding carboxylic acids is 1. The molecule has 0 aromatic rings. The smallest absolute Gasteiger partial charge is 0.326 e. The van der Waals surface area contributed by atoms with Gasteiger partial charge in [-0.2, -0.15) is 0 Å². The van der Waals surface area contributed by atoms with E-state index in [0.29, 0.717) is 6.61 Å². The first-order chi connectivity index (χ1) is 7.62. The van der Waals surface area contributed by atoms with Crippen molar-refractivity contribution >= 4 is 5.97 Å². The summed E-state index contributed by atoms with van der Waals surface area (Å²) >= 11 is 0. The number of esters is 1. The standard InChI is InChI=1S/C12H24N2O2/c1-4-16-11(15)12(2,13-3)7-10-14-8-5-6-9-14/h13H,4-10H2,1-3H3. The van der Waals surface area contributed by atoms with Crippen molar-refractivity contribution in [1.82, 2.24) is 10.2 Å². The largest absolute Gasteiger partial charge is 0.465 e. The summed E-state index contributed by atoms with van der Waals surface area (Å²) in [7, 11) is 1.82. The third-order valence-corrected chi connectivity index (χ3v) is 3.40. The minimum absolute atomic E-state index is 0.142. The number of likely N-dealkylation sites (N-methyl/N-ethyl adjacent to an activating group) is 1. The first kappa shape index (κ1) is 13.5. The molecule has 1 atom stereocenters. The molecule has 1 heterocycles. The summed E-state index contributed by atoms with van der Waals surface area (Å²) in [5, 5.41) is 3.09. The number of nitrogens with zero attached hydrogens (tertiary/aromatic N) is 1. The number of hydrogen-bond donors (Lipinski definition) is 1. The highest BCUT2D eigenvalue weighted by Gasteiger charge is 2.33. The minimum Gasteiger partial charge on any atom is -0.465 e. The summed E-state index contributed by atoms with van der Waals surface area (Å²) in [5.74, 6) is -0.142. The molecule has 0 aromatic carbocycles. The Hall–Kier alpha value is -0.610. The van der Waals surface area contributed by atoms with E-state index in [0.717, 1.165) is 13.0 Å². The van der Waals surface area contributed by atoms with Gasteiger partial charge >= 0.3 is 5.97 Å². The monoisotopic (exact) mass is 228 g/mol. The van der Waals surface area contributed by atoms with Crippen molar-refractivity contribution in [2.75, 3.05) is 33.3 Å². The molecule has 0 aliphatic carbocycles. The molecule has 1 aliphatic heterocycles. The van der Waals surface area contributed by atoms with Crippen molar-refractivity contribution < 1.29 is 9.53 Å². The fourth-order valence-electron chi connectivity index (χ4n) is 2.01. The van der Waals surface area contributed by atoms with Gasteiger partial charge in [0.15, 0.2) is 0 Å². The molecule has 16 heavy (non-hydrogen) atoms. The average molecular weight is 228 g/mol. The van der Waals surface area contributed by atoms with Crippen LogP contribution < -0.4 is 5.32 Å². The highest BCUT2D eigenvalue weighted by atomic mass is 16.5. The van der Waals surface area contributed by atoms with Crippen molar-refractivity contribution in [1.29, 1.82) is 0 Å². The van der Waals surface area contributed by atoms with Gasteiger partial charge in [0, 0.05) is 6.54 Å². The second-order valence-corrected chi connectivity index (χ2v) is 4.60. The van der Waals surface area contributed by atoms with Gasteiger partial charge in [-0.15, -0.1) is 0 Å². The summed E-state index contributed by atoms with van der Waals surface area (Å²) in [6.07, 6.45) is 3.38. The summed E-state index contributed by atoms with van der Waals surface area (Å²) in [6.45, 7) is 7.51. The molecule has 1 rings (SSSR count). The maximum absolute atomic E-state index is 11.8. The Kier molecular flexibility index (Phi) is 5.22. The zero-order valence-electron chi connectivity index (χ0n) is 10.7. The summed E-state index contributed by atoms with van der Waals surface area (Å²) in [6, 6.07) is 0. The molecular weight excluding hydrogens is 204 g/mol. The number of nitrogens with one attached hydrogen (secondary N) is 1. The maximum Gasteiger partial charge on any atom is 0.326 e. The number of ether oxygens (including phenoxy) is 1. The van der Waals surface area contributed by atoms with E-state index in [2.05, 4.69) is 10.2 Å². The molecule has 1 aliphatic rings. The van der Waals surface area contributed by atoms with Crippen LogP contribution in [0.15, 0.2) is 0 Å². The zero-order chi connectivity index (χ0) is 12.0. The van der Waals surface area contributed by atoms with Crippen molar-refractivity contribution in [3.05, 3.63) is 0 Å². The quantitative estimate of drug-likeness (QED) is 0.689. The first-order valence-corrected chi connectivity index (χ1v) is 6.21. The molecule has 1 fully saturated rings. The van der Waals surface area contributed by atoms with E-state index < -0.39 is 5.54 Å². The predicted octanol–water partition coefficient (Wildman–Crippen LogP) is 1.01. The first-order valence-electron chi connectivity index (χ1n) is 6.21. The third kappa shape index (κ3) is 3.46. The lowest BCUT2D eigenvalue weighted by atomic mass is 9.98. The van der Waals surface area contributed by atoms with E-state index in [-0.39, 0.29) is 5.97 Å². The second-order valence-electron chi connectivity index (χ2n) is 4.60. The Morgan fingerprint density at radius 1 is 1.44 bits per heavy atom. The number of hydrogen-bond acceptors (Lipinski definition) is 4. The van der Waals surface area contributed by atoms with Crippen LogP contribution in [-0.2, 0) is 9.53 Å². The Morgan fingerprint density at radius 2 is 2.06 bits per heavy atom. The van der Waals surface area contributed by atoms with E-state index in [4.69, 9.17) is 4.74 Å².